The first-order valence-electron chi connectivity index (χ1n) is 9.44. The Morgan fingerprint density at radius 2 is 1.89 bits per heavy atom. The van der Waals surface area contributed by atoms with Gasteiger partial charge in [-0.3, -0.25) is 9.59 Å². The van der Waals surface area contributed by atoms with Crippen LogP contribution in [0.1, 0.15) is 55.2 Å². The Balaban J connectivity index is 1.71. The van der Waals surface area contributed by atoms with Crippen molar-refractivity contribution in [3.63, 3.8) is 0 Å². The number of nitrogens with zero attached hydrogens (tertiary/aromatic N) is 3. The molecule has 1 unspecified atom stereocenters. The Labute approximate surface area is 164 Å². The van der Waals surface area contributed by atoms with Gasteiger partial charge in [-0.2, -0.15) is 0 Å². The Kier molecular flexibility index (Phi) is 5.89. The van der Waals surface area contributed by atoms with Crippen molar-refractivity contribution in [3.05, 3.63) is 34.3 Å². The lowest BCUT2D eigenvalue weighted by Gasteiger charge is -2.17. The molecule has 1 aliphatic heterocycles. The van der Waals surface area contributed by atoms with Crippen molar-refractivity contribution in [3.8, 4) is 0 Å². The van der Waals surface area contributed by atoms with Crippen LogP contribution < -0.4 is 10.2 Å². The third-order valence-electron chi connectivity index (χ3n) is 5.02. The number of benzene rings is 1. The van der Waals surface area contributed by atoms with E-state index in [0.717, 1.165) is 34.7 Å². The van der Waals surface area contributed by atoms with E-state index in [1.165, 1.54) is 11.3 Å². The zero-order valence-corrected chi connectivity index (χ0v) is 17.1. The van der Waals surface area contributed by atoms with Crippen LogP contribution in [0.4, 0.5) is 10.8 Å². The van der Waals surface area contributed by atoms with Crippen LogP contribution in [-0.4, -0.2) is 28.6 Å². The van der Waals surface area contributed by atoms with Gasteiger partial charge >= 0.3 is 0 Å². The van der Waals surface area contributed by atoms with E-state index in [2.05, 4.69) is 21.6 Å². The second kappa shape index (κ2) is 8.17. The van der Waals surface area contributed by atoms with E-state index < -0.39 is 0 Å². The Morgan fingerprint density at radius 3 is 2.52 bits per heavy atom. The molecule has 144 valence electrons. The van der Waals surface area contributed by atoms with Gasteiger partial charge in [0.15, 0.2) is 0 Å². The molecule has 0 spiro atoms. The summed E-state index contributed by atoms with van der Waals surface area (Å²) >= 11 is 1.37. The van der Waals surface area contributed by atoms with Crippen LogP contribution in [-0.2, 0) is 9.59 Å². The predicted molar refractivity (Wildman–Crippen MR) is 108 cm³/mol. The van der Waals surface area contributed by atoms with Gasteiger partial charge < -0.3 is 10.2 Å². The molecule has 2 aromatic rings. The van der Waals surface area contributed by atoms with Gasteiger partial charge in [-0.1, -0.05) is 31.3 Å². The molecular weight excluding hydrogens is 360 g/mol. The number of hydrogen-bond donors (Lipinski definition) is 1. The Bertz CT molecular complexity index is 824. The molecule has 0 saturated carbocycles. The highest BCUT2D eigenvalue weighted by molar-refractivity contribution is 7.15. The highest BCUT2D eigenvalue weighted by Gasteiger charge is 2.34. The molecule has 1 fully saturated rings. The van der Waals surface area contributed by atoms with Crippen LogP contribution in [0, 0.1) is 19.8 Å². The van der Waals surface area contributed by atoms with E-state index in [1.54, 1.807) is 0 Å². The molecule has 2 amide bonds. The molecule has 1 saturated heterocycles. The van der Waals surface area contributed by atoms with Gasteiger partial charge in [-0.05, 0) is 49.9 Å². The molecular formula is C20H26N4O2S. The van der Waals surface area contributed by atoms with E-state index in [0.29, 0.717) is 18.1 Å². The topological polar surface area (TPSA) is 75.2 Å². The van der Waals surface area contributed by atoms with Crippen molar-refractivity contribution in [1.82, 2.24) is 10.2 Å². The average Bonchev–Trinajstić information content (AvgIpc) is 3.21. The van der Waals surface area contributed by atoms with Crippen LogP contribution in [0.5, 0.6) is 0 Å². The highest BCUT2D eigenvalue weighted by atomic mass is 32.1. The molecule has 27 heavy (non-hydrogen) atoms. The third-order valence-corrected chi connectivity index (χ3v) is 6.02. The summed E-state index contributed by atoms with van der Waals surface area (Å²) in [5, 5.41) is 12.5. The van der Waals surface area contributed by atoms with Crippen LogP contribution in [0.2, 0.25) is 0 Å². The number of rotatable bonds is 6. The molecule has 0 radical (unpaired) electrons. The van der Waals surface area contributed by atoms with Crippen molar-refractivity contribution in [2.24, 2.45) is 5.92 Å². The molecule has 3 rings (SSSR count). The maximum atomic E-state index is 12.5. The van der Waals surface area contributed by atoms with Crippen molar-refractivity contribution in [2.45, 2.75) is 52.9 Å². The van der Waals surface area contributed by atoms with Gasteiger partial charge in [-0.25, -0.2) is 0 Å². The first kappa shape index (κ1) is 19.5. The van der Waals surface area contributed by atoms with Gasteiger partial charge in [-0.15, -0.1) is 10.2 Å². The van der Waals surface area contributed by atoms with Crippen LogP contribution in [0.25, 0.3) is 0 Å². The fraction of sp³-hybridized carbons (Fsp3) is 0.500. The maximum absolute atomic E-state index is 12.5. The second-order valence-corrected chi connectivity index (χ2v) is 8.21. The van der Waals surface area contributed by atoms with Gasteiger partial charge in [0.1, 0.15) is 5.01 Å². The first-order chi connectivity index (χ1) is 12.9. The quantitative estimate of drug-likeness (QED) is 0.813. The molecule has 0 aliphatic carbocycles. The summed E-state index contributed by atoms with van der Waals surface area (Å²) in [7, 11) is 0. The fourth-order valence-electron chi connectivity index (χ4n) is 3.55. The van der Waals surface area contributed by atoms with Crippen molar-refractivity contribution >= 4 is 34.0 Å². The number of anilines is 2. The molecule has 1 aliphatic rings. The molecule has 1 atom stereocenters. The zero-order chi connectivity index (χ0) is 19.6. The summed E-state index contributed by atoms with van der Waals surface area (Å²) in [4.78, 5) is 26.6. The number of carbonyl (C=O) groups excluding carboxylic acids is 2. The summed E-state index contributed by atoms with van der Waals surface area (Å²) in [6, 6.07) is 6.17. The van der Waals surface area contributed by atoms with E-state index in [1.807, 2.05) is 44.7 Å². The van der Waals surface area contributed by atoms with Gasteiger partial charge in [0.25, 0.3) is 0 Å². The number of amides is 2. The molecule has 0 bridgehead atoms. The lowest BCUT2D eigenvalue weighted by atomic mass is 10.0. The molecule has 1 aromatic carbocycles. The number of nitrogens with one attached hydrogen (secondary N) is 1. The van der Waals surface area contributed by atoms with E-state index in [-0.39, 0.29) is 23.7 Å². The molecule has 1 aromatic heterocycles. The maximum Gasteiger partial charge on any atom is 0.229 e. The molecule has 2 heterocycles. The minimum absolute atomic E-state index is 0.00883. The largest absolute Gasteiger partial charge is 0.312 e. The number of aromatic nitrogens is 2. The van der Waals surface area contributed by atoms with Crippen LogP contribution in [0.15, 0.2) is 18.2 Å². The van der Waals surface area contributed by atoms with Gasteiger partial charge in [0, 0.05) is 30.5 Å². The van der Waals surface area contributed by atoms with Crippen LogP contribution in [0.3, 0.4) is 0 Å². The number of carbonyl (C=O) groups is 2. The molecule has 1 N–H and O–H groups in total. The van der Waals surface area contributed by atoms with Crippen molar-refractivity contribution in [1.29, 1.82) is 0 Å². The molecule has 7 heteroatoms. The summed E-state index contributed by atoms with van der Waals surface area (Å²) < 4.78 is 0. The normalized spacial score (nSPS) is 17.0. The van der Waals surface area contributed by atoms with Gasteiger partial charge in [0.2, 0.25) is 16.9 Å². The lowest BCUT2D eigenvalue weighted by molar-refractivity contribution is -0.120. The average molecular weight is 387 g/mol. The summed E-state index contributed by atoms with van der Waals surface area (Å²) in [6.07, 6.45) is 2.02. The first-order valence-corrected chi connectivity index (χ1v) is 10.3. The SMILES string of the molecule is CCC(CC)C(=O)Nc1nnc(C2CC(=O)N(c3cc(C)cc(C)c3)C2)s1. The molecule has 6 nitrogen and oxygen atoms in total. The third kappa shape index (κ3) is 4.35. The predicted octanol–water partition coefficient (Wildman–Crippen LogP) is 4.05. The van der Waals surface area contributed by atoms with Crippen molar-refractivity contribution in [2.75, 3.05) is 16.8 Å². The van der Waals surface area contributed by atoms with E-state index >= 15 is 0 Å². The van der Waals surface area contributed by atoms with Crippen molar-refractivity contribution < 1.29 is 9.59 Å². The summed E-state index contributed by atoms with van der Waals surface area (Å²) in [6.45, 7) is 8.68. The van der Waals surface area contributed by atoms with Crippen LogP contribution >= 0.6 is 11.3 Å². The summed E-state index contributed by atoms with van der Waals surface area (Å²) in [5.74, 6) is 0.0879. The second-order valence-electron chi connectivity index (χ2n) is 7.20. The smallest absolute Gasteiger partial charge is 0.229 e. The Hall–Kier alpha value is -2.28. The van der Waals surface area contributed by atoms with E-state index in [9.17, 15) is 9.59 Å². The summed E-state index contributed by atoms with van der Waals surface area (Å²) in [5.41, 5.74) is 3.22. The Morgan fingerprint density at radius 1 is 1.22 bits per heavy atom. The van der Waals surface area contributed by atoms with E-state index in [4.69, 9.17) is 0 Å². The minimum atomic E-state index is -0.0120. The number of aryl methyl sites for hydroxylation is 2. The standard InChI is InChI=1S/C20H26N4O2S/c1-5-14(6-2)18(26)21-20-23-22-19(27-20)15-10-17(25)24(11-15)16-8-12(3)7-13(4)9-16/h7-9,14-15H,5-6,10-11H2,1-4H3,(H,21,23,26). The monoisotopic (exact) mass is 386 g/mol. The highest BCUT2D eigenvalue weighted by Crippen LogP contribution is 2.35. The minimum Gasteiger partial charge on any atom is -0.312 e. The number of hydrogen-bond acceptors (Lipinski definition) is 5. The zero-order valence-electron chi connectivity index (χ0n) is 16.3. The van der Waals surface area contributed by atoms with Gasteiger partial charge in [0.05, 0.1) is 0 Å². The fourth-order valence-corrected chi connectivity index (χ4v) is 4.38. The lowest BCUT2D eigenvalue weighted by Crippen LogP contribution is -2.24.